The number of halogens is 3. The highest BCUT2D eigenvalue weighted by Gasteiger charge is 2.46. The van der Waals surface area contributed by atoms with Gasteiger partial charge in [0.1, 0.15) is 18.1 Å². The number of nitrogens with one attached hydrogen (secondary N) is 3. The number of Topliss-reactive ketones (excluding diaryl/α,β-unsaturated/α-hetero) is 1. The second-order valence-corrected chi connectivity index (χ2v) is 10.8. The molecule has 2 rings (SSSR count). The fourth-order valence-corrected chi connectivity index (χ4v) is 4.53. The van der Waals surface area contributed by atoms with Crippen LogP contribution in [0.4, 0.5) is 13.2 Å². The lowest BCUT2D eigenvalue weighted by Gasteiger charge is -2.32. The summed E-state index contributed by atoms with van der Waals surface area (Å²) in [6.45, 7) is 7.82. The van der Waals surface area contributed by atoms with E-state index in [1.165, 1.54) is 43.0 Å². The summed E-state index contributed by atoms with van der Waals surface area (Å²) in [7, 11) is 0. The monoisotopic (exact) mass is 598 g/mol. The summed E-state index contributed by atoms with van der Waals surface area (Å²) in [6.07, 6.45) is -4.40. The standard InChI is InChI=1S/C28H37F3N4O7/c1-6-18(27(41)42)32-23(37)16-9-11-17(12-10-16)24(38)34-21(15(4)5)26(40)35-13-7-8-19(35)25(39)33-20(14(2)3)22(36)28(29,30)31/h9-12,14-15,18-21H,6-8,13H2,1-5H3,(H,32,37)(H,33,39)(H,34,38)(H,41,42)/t18?,19-,20?,21-/m0/s1. The fourth-order valence-electron chi connectivity index (χ4n) is 4.53. The number of rotatable bonds is 12. The molecular weight excluding hydrogens is 561 g/mol. The summed E-state index contributed by atoms with van der Waals surface area (Å²) < 4.78 is 39.2. The molecule has 1 saturated heterocycles. The number of carbonyl (C=O) groups is 6. The van der Waals surface area contributed by atoms with Gasteiger partial charge < -0.3 is 26.0 Å². The van der Waals surface area contributed by atoms with E-state index in [1.807, 2.05) is 0 Å². The molecule has 0 radical (unpaired) electrons. The van der Waals surface area contributed by atoms with E-state index in [-0.39, 0.29) is 30.5 Å². The lowest BCUT2D eigenvalue weighted by molar-refractivity contribution is -0.175. The van der Waals surface area contributed by atoms with Gasteiger partial charge in [0.15, 0.2) is 0 Å². The summed E-state index contributed by atoms with van der Waals surface area (Å²) >= 11 is 0. The number of amides is 4. The molecule has 1 aliphatic rings. The molecule has 1 fully saturated rings. The maximum Gasteiger partial charge on any atom is 0.452 e. The van der Waals surface area contributed by atoms with Crippen molar-refractivity contribution in [3.63, 3.8) is 0 Å². The zero-order chi connectivity index (χ0) is 31.9. The number of hydrogen-bond acceptors (Lipinski definition) is 6. The fraction of sp³-hybridized carbons (Fsp3) is 0.571. The Labute approximate surface area is 241 Å². The summed E-state index contributed by atoms with van der Waals surface area (Å²) in [5, 5.41) is 16.3. The first kappa shape index (κ1) is 34.2. The van der Waals surface area contributed by atoms with Crippen LogP contribution in [0.1, 0.15) is 74.6 Å². The van der Waals surface area contributed by atoms with Crippen molar-refractivity contribution in [2.24, 2.45) is 11.8 Å². The van der Waals surface area contributed by atoms with Gasteiger partial charge in [-0.25, -0.2) is 4.79 Å². The van der Waals surface area contributed by atoms with Gasteiger partial charge in [0.05, 0.1) is 6.04 Å². The topological polar surface area (TPSA) is 162 Å². The highest BCUT2D eigenvalue weighted by molar-refractivity contribution is 6.01. The molecular formula is C28H37F3N4O7. The van der Waals surface area contributed by atoms with E-state index in [0.29, 0.717) is 6.42 Å². The number of carboxylic acid groups (broad SMARTS) is 1. The lowest BCUT2D eigenvalue weighted by Crippen LogP contribution is -2.58. The molecule has 1 aromatic rings. The number of aliphatic carboxylic acids is 1. The molecule has 11 nitrogen and oxygen atoms in total. The molecule has 0 aromatic heterocycles. The van der Waals surface area contributed by atoms with E-state index in [2.05, 4.69) is 16.0 Å². The highest BCUT2D eigenvalue weighted by atomic mass is 19.4. The second kappa shape index (κ2) is 14.3. The first-order valence-corrected chi connectivity index (χ1v) is 13.7. The largest absolute Gasteiger partial charge is 0.480 e. The predicted octanol–water partition coefficient (Wildman–Crippen LogP) is 2.30. The molecule has 0 bridgehead atoms. The van der Waals surface area contributed by atoms with Crippen LogP contribution in [0.25, 0.3) is 0 Å². The molecule has 2 unspecified atom stereocenters. The van der Waals surface area contributed by atoms with Crippen molar-refractivity contribution in [2.75, 3.05) is 6.54 Å². The molecule has 1 aliphatic heterocycles. The maximum absolute atomic E-state index is 13.5. The van der Waals surface area contributed by atoms with Crippen LogP contribution in [0.15, 0.2) is 24.3 Å². The summed E-state index contributed by atoms with van der Waals surface area (Å²) in [4.78, 5) is 76.0. The maximum atomic E-state index is 13.5. The van der Waals surface area contributed by atoms with E-state index in [9.17, 15) is 41.9 Å². The molecule has 4 N–H and O–H groups in total. The number of benzene rings is 1. The van der Waals surface area contributed by atoms with E-state index < -0.39 is 77.6 Å². The molecule has 0 saturated carbocycles. The van der Waals surface area contributed by atoms with Crippen LogP contribution in [0.2, 0.25) is 0 Å². The molecule has 0 spiro atoms. The number of nitrogens with zero attached hydrogens (tertiary/aromatic N) is 1. The normalized spacial score (nSPS) is 17.4. The third kappa shape index (κ3) is 8.52. The number of carbonyl (C=O) groups excluding carboxylic acids is 5. The number of hydrogen-bond donors (Lipinski definition) is 4. The van der Waals surface area contributed by atoms with Gasteiger partial charge in [-0.1, -0.05) is 34.6 Å². The van der Waals surface area contributed by atoms with Crippen LogP contribution < -0.4 is 16.0 Å². The SMILES string of the molecule is CCC(NC(=O)c1ccc(C(=O)N[C@H](C(=O)N2CCC[C@H]2C(=O)NC(C(=O)C(F)(F)F)C(C)C)C(C)C)cc1)C(=O)O. The van der Waals surface area contributed by atoms with Crippen molar-refractivity contribution in [3.05, 3.63) is 35.4 Å². The number of carboxylic acids is 1. The molecule has 1 aromatic carbocycles. The van der Waals surface area contributed by atoms with Gasteiger partial charge in [0.2, 0.25) is 11.8 Å². The van der Waals surface area contributed by atoms with Gasteiger partial charge in [-0.05, 0) is 55.4 Å². The molecule has 232 valence electrons. The number of likely N-dealkylation sites (tertiary alicyclic amines) is 1. The Morgan fingerprint density at radius 1 is 0.881 bits per heavy atom. The molecule has 14 heteroatoms. The van der Waals surface area contributed by atoms with Gasteiger partial charge in [-0.3, -0.25) is 24.0 Å². The second-order valence-electron chi connectivity index (χ2n) is 10.8. The first-order chi connectivity index (χ1) is 19.5. The molecule has 4 amide bonds. The third-order valence-electron chi connectivity index (χ3n) is 7.01. The zero-order valence-electron chi connectivity index (χ0n) is 24.1. The summed E-state index contributed by atoms with van der Waals surface area (Å²) in [5.41, 5.74) is 0.230. The van der Waals surface area contributed by atoms with Crippen LogP contribution in [-0.4, -0.2) is 82.3 Å². The minimum absolute atomic E-state index is 0.108. The Bertz CT molecular complexity index is 1180. The molecule has 1 heterocycles. The summed E-state index contributed by atoms with van der Waals surface area (Å²) in [5.74, 6) is -7.32. The van der Waals surface area contributed by atoms with Crippen molar-refractivity contribution < 1.29 is 47.0 Å². The Balaban J connectivity index is 2.15. The highest BCUT2D eigenvalue weighted by Crippen LogP contribution is 2.24. The predicted molar refractivity (Wildman–Crippen MR) is 144 cm³/mol. The van der Waals surface area contributed by atoms with E-state index in [1.54, 1.807) is 20.8 Å². The molecule has 42 heavy (non-hydrogen) atoms. The van der Waals surface area contributed by atoms with Gasteiger partial charge in [-0.2, -0.15) is 13.2 Å². The van der Waals surface area contributed by atoms with Gasteiger partial charge >= 0.3 is 12.1 Å². The van der Waals surface area contributed by atoms with Crippen molar-refractivity contribution in [3.8, 4) is 0 Å². The Hall–Kier alpha value is -3.97. The average molecular weight is 599 g/mol. The van der Waals surface area contributed by atoms with E-state index in [4.69, 9.17) is 5.11 Å². The van der Waals surface area contributed by atoms with Crippen LogP contribution in [-0.2, 0) is 19.2 Å². The smallest absolute Gasteiger partial charge is 0.452 e. The van der Waals surface area contributed by atoms with Gasteiger partial charge in [-0.15, -0.1) is 0 Å². The van der Waals surface area contributed by atoms with Crippen molar-refractivity contribution in [1.29, 1.82) is 0 Å². The lowest BCUT2D eigenvalue weighted by atomic mass is 9.98. The van der Waals surface area contributed by atoms with Gasteiger partial charge in [0.25, 0.3) is 17.6 Å². The number of alkyl halides is 3. The number of ketones is 1. The minimum atomic E-state index is -5.14. The first-order valence-electron chi connectivity index (χ1n) is 13.7. The average Bonchev–Trinajstić information content (AvgIpc) is 3.41. The summed E-state index contributed by atoms with van der Waals surface area (Å²) in [6, 6.07) is 0.251. The van der Waals surface area contributed by atoms with E-state index >= 15 is 0 Å². The van der Waals surface area contributed by atoms with Crippen molar-refractivity contribution >= 4 is 35.4 Å². The van der Waals surface area contributed by atoms with Crippen LogP contribution in [0.5, 0.6) is 0 Å². The Morgan fingerprint density at radius 3 is 1.81 bits per heavy atom. The Morgan fingerprint density at radius 2 is 1.38 bits per heavy atom. The molecule has 0 aliphatic carbocycles. The van der Waals surface area contributed by atoms with Crippen LogP contribution in [0.3, 0.4) is 0 Å². The quantitative estimate of drug-likeness (QED) is 0.287. The zero-order valence-corrected chi connectivity index (χ0v) is 24.1. The molecule has 4 atom stereocenters. The van der Waals surface area contributed by atoms with Gasteiger partial charge in [0, 0.05) is 17.7 Å². The minimum Gasteiger partial charge on any atom is -0.480 e. The van der Waals surface area contributed by atoms with Crippen molar-refractivity contribution in [2.45, 2.75) is 84.2 Å². The third-order valence-corrected chi connectivity index (χ3v) is 7.01. The van der Waals surface area contributed by atoms with Crippen molar-refractivity contribution in [1.82, 2.24) is 20.9 Å². The van der Waals surface area contributed by atoms with Crippen LogP contribution >= 0.6 is 0 Å². The Kier molecular flexibility index (Phi) is 11.6. The van der Waals surface area contributed by atoms with E-state index in [0.717, 1.165) is 0 Å². The van der Waals surface area contributed by atoms with Crippen LogP contribution in [0, 0.1) is 11.8 Å².